The average molecular weight is 363 g/mol. The molecule has 146 valence electrons. The van der Waals surface area contributed by atoms with E-state index in [4.69, 9.17) is 0 Å². The van der Waals surface area contributed by atoms with Gasteiger partial charge in [-0.05, 0) is 49.9 Å². The highest BCUT2D eigenvalue weighted by Gasteiger charge is 2.72. The summed E-state index contributed by atoms with van der Waals surface area (Å²) in [7, 11) is 0. The van der Waals surface area contributed by atoms with Crippen LogP contribution in [-0.4, -0.2) is 22.2 Å². The molecule has 0 amide bonds. The highest BCUT2D eigenvalue weighted by molar-refractivity contribution is 5.90. The molecule has 0 saturated heterocycles. The maximum atomic E-state index is 12.9. The van der Waals surface area contributed by atoms with Crippen molar-refractivity contribution >= 4 is 11.9 Å². The first kappa shape index (κ1) is 20.7. The van der Waals surface area contributed by atoms with Crippen molar-refractivity contribution in [2.24, 2.45) is 22.2 Å². The Hall–Kier alpha value is -1.57. The minimum atomic E-state index is -1.86. The fraction of sp³-hybridized carbons (Fsp3) is 0.857. The second-order valence-corrected chi connectivity index (χ2v) is 8.32. The Balaban J connectivity index is 2.77. The van der Waals surface area contributed by atoms with Gasteiger partial charge in [0.2, 0.25) is 0 Å². The summed E-state index contributed by atoms with van der Waals surface area (Å²) in [6.45, 7) is 3.75. The van der Waals surface area contributed by atoms with Crippen molar-refractivity contribution in [1.82, 2.24) is 0 Å². The summed E-state index contributed by atoms with van der Waals surface area (Å²) in [5.41, 5.74) is -4.03. The maximum absolute atomic E-state index is 12.9. The quantitative estimate of drug-likeness (QED) is 0.663. The average Bonchev–Trinajstić information content (AvgIpc) is 2.66. The number of hydrogen-bond donors (Lipinski definition) is 2. The molecular formula is C21H33NO4. The van der Waals surface area contributed by atoms with Crippen molar-refractivity contribution in [3.05, 3.63) is 0 Å². The topological polar surface area (TPSA) is 98.4 Å². The second-order valence-electron chi connectivity index (χ2n) is 8.32. The number of carboxylic acids is 2. The zero-order chi connectivity index (χ0) is 19.4. The van der Waals surface area contributed by atoms with Gasteiger partial charge in [-0.1, -0.05) is 52.4 Å². The Labute approximate surface area is 156 Å². The van der Waals surface area contributed by atoms with Crippen LogP contribution >= 0.6 is 0 Å². The third-order valence-corrected chi connectivity index (χ3v) is 7.69. The number of aliphatic carboxylic acids is 2. The monoisotopic (exact) mass is 363 g/mol. The highest BCUT2D eigenvalue weighted by Crippen LogP contribution is 2.65. The Morgan fingerprint density at radius 3 is 1.92 bits per heavy atom. The van der Waals surface area contributed by atoms with Crippen LogP contribution in [0.25, 0.3) is 0 Å². The Morgan fingerprint density at radius 1 is 1.00 bits per heavy atom. The van der Waals surface area contributed by atoms with Gasteiger partial charge >= 0.3 is 11.9 Å². The van der Waals surface area contributed by atoms with Crippen molar-refractivity contribution in [3.8, 4) is 6.07 Å². The zero-order valence-electron chi connectivity index (χ0n) is 16.2. The molecule has 2 saturated carbocycles. The van der Waals surface area contributed by atoms with Crippen LogP contribution in [0, 0.1) is 33.5 Å². The van der Waals surface area contributed by atoms with E-state index in [1.165, 1.54) is 0 Å². The number of nitriles is 1. The van der Waals surface area contributed by atoms with E-state index in [2.05, 4.69) is 6.07 Å². The summed E-state index contributed by atoms with van der Waals surface area (Å²) >= 11 is 0. The van der Waals surface area contributed by atoms with Gasteiger partial charge in [0.05, 0.1) is 6.07 Å². The van der Waals surface area contributed by atoms with Crippen molar-refractivity contribution in [3.63, 3.8) is 0 Å². The van der Waals surface area contributed by atoms with Gasteiger partial charge in [0.1, 0.15) is 5.41 Å². The molecule has 0 bridgehead atoms. The third kappa shape index (κ3) is 2.73. The normalized spacial score (nSPS) is 25.4. The molecule has 2 atom stereocenters. The molecule has 0 aliphatic heterocycles. The lowest BCUT2D eigenvalue weighted by Gasteiger charge is -2.57. The molecule has 0 aromatic heterocycles. The molecule has 2 aliphatic rings. The second kappa shape index (κ2) is 7.98. The van der Waals surface area contributed by atoms with E-state index in [1.807, 2.05) is 6.92 Å². The summed E-state index contributed by atoms with van der Waals surface area (Å²) < 4.78 is 0. The maximum Gasteiger partial charge on any atom is 0.325 e. The van der Waals surface area contributed by atoms with Crippen molar-refractivity contribution < 1.29 is 19.8 Å². The first-order chi connectivity index (χ1) is 12.4. The first-order valence-corrected chi connectivity index (χ1v) is 10.3. The molecule has 0 aromatic carbocycles. The van der Waals surface area contributed by atoms with Gasteiger partial charge in [0.15, 0.2) is 5.41 Å². The molecule has 0 radical (unpaired) electrons. The van der Waals surface area contributed by atoms with Crippen LogP contribution in [0.1, 0.15) is 90.9 Å². The Kier molecular flexibility index (Phi) is 6.37. The summed E-state index contributed by atoms with van der Waals surface area (Å²) in [6.07, 6.45) is 9.12. The standard InChI is InChI=1S/C21H33NO4/c1-3-19(13-9-6-10-14-19)21(4-2,18(25)26)20(15-22,17(23)24)16-11-7-5-8-12-16/h16H,3-14H2,1-2H3,(H,23,24)(H,25,26). The predicted molar refractivity (Wildman–Crippen MR) is 98.4 cm³/mol. The van der Waals surface area contributed by atoms with Crippen LogP contribution < -0.4 is 0 Å². The van der Waals surface area contributed by atoms with Crippen LogP contribution in [0.4, 0.5) is 0 Å². The Morgan fingerprint density at radius 2 is 1.54 bits per heavy atom. The SMILES string of the molecule is CCC1(C(CC)(C(=O)O)C(C#N)(C(=O)O)C2CCCCC2)CCCCC1. The number of hydrogen-bond acceptors (Lipinski definition) is 3. The summed E-state index contributed by atoms with van der Waals surface area (Å²) in [5, 5.41) is 31.1. The number of rotatable bonds is 7. The van der Waals surface area contributed by atoms with Gasteiger partial charge in [-0.3, -0.25) is 9.59 Å². The summed E-state index contributed by atoms with van der Waals surface area (Å²) in [4.78, 5) is 25.5. The minimum absolute atomic E-state index is 0.187. The third-order valence-electron chi connectivity index (χ3n) is 7.69. The van der Waals surface area contributed by atoms with E-state index < -0.39 is 28.2 Å². The van der Waals surface area contributed by atoms with Gasteiger partial charge < -0.3 is 10.2 Å². The van der Waals surface area contributed by atoms with Crippen molar-refractivity contribution in [2.45, 2.75) is 90.9 Å². The largest absolute Gasteiger partial charge is 0.481 e. The van der Waals surface area contributed by atoms with E-state index in [0.717, 1.165) is 38.5 Å². The van der Waals surface area contributed by atoms with Gasteiger partial charge in [-0.15, -0.1) is 0 Å². The molecule has 5 heteroatoms. The molecule has 5 nitrogen and oxygen atoms in total. The molecule has 2 N–H and O–H groups in total. The summed E-state index contributed by atoms with van der Waals surface area (Å²) in [5.74, 6) is -2.70. The van der Waals surface area contributed by atoms with E-state index in [-0.39, 0.29) is 12.3 Å². The molecule has 0 spiro atoms. The van der Waals surface area contributed by atoms with E-state index in [0.29, 0.717) is 32.1 Å². The number of carboxylic acid groups (broad SMARTS) is 2. The minimum Gasteiger partial charge on any atom is -0.481 e. The molecule has 2 unspecified atom stereocenters. The molecule has 2 rings (SSSR count). The van der Waals surface area contributed by atoms with Crippen LogP contribution in [0.5, 0.6) is 0 Å². The predicted octanol–water partition coefficient (Wildman–Crippen LogP) is 5.00. The number of nitrogens with zero attached hydrogens (tertiary/aromatic N) is 1. The van der Waals surface area contributed by atoms with Crippen molar-refractivity contribution in [1.29, 1.82) is 5.26 Å². The van der Waals surface area contributed by atoms with Gasteiger partial charge in [-0.2, -0.15) is 5.26 Å². The molecule has 26 heavy (non-hydrogen) atoms. The Bertz CT molecular complexity index is 569. The fourth-order valence-corrected chi connectivity index (χ4v) is 6.41. The lowest BCUT2D eigenvalue weighted by Crippen LogP contribution is -2.64. The van der Waals surface area contributed by atoms with Gasteiger partial charge in [-0.25, -0.2) is 0 Å². The van der Waals surface area contributed by atoms with Gasteiger partial charge in [0.25, 0.3) is 0 Å². The molecule has 2 aliphatic carbocycles. The van der Waals surface area contributed by atoms with E-state index >= 15 is 0 Å². The highest BCUT2D eigenvalue weighted by atomic mass is 16.4. The zero-order valence-corrected chi connectivity index (χ0v) is 16.2. The molecule has 2 fully saturated rings. The molecule has 0 aromatic rings. The van der Waals surface area contributed by atoms with Crippen LogP contribution in [0.2, 0.25) is 0 Å². The fourth-order valence-electron chi connectivity index (χ4n) is 6.41. The van der Waals surface area contributed by atoms with E-state index in [9.17, 15) is 25.1 Å². The molecule has 0 heterocycles. The van der Waals surface area contributed by atoms with E-state index in [1.54, 1.807) is 6.92 Å². The van der Waals surface area contributed by atoms with Crippen LogP contribution in [0.15, 0.2) is 0 Å². The molecular weight excluding hydrogens is 330 g/mol. The lowest BCUT2D eigenvalue weighted by atomic mass is 9.42. The van der Waals surface area contributed by atoms with Crippen molar-refractivity contribution in [2.75, 3.05) is 0 Å². The van der Waals surface area contributed by atoms with Gasteiger partial charge in [0, 0.05) is 0 Å². The number of carbonyl (C=O) groups is 2. The van der Waals surface area contributed by atoms with Crippen LogP contribution in [-0.2, 0) is 9.59 Å². The first-order valence-electron chi connectivity index (χ1n) is 10.3. The summed E-state index contributed by atoms with van der Waals surface area (Å²) in [6, 6.07) is 2.13. The smallest absolute Gasteiger partial charge is 0.325 e. The van der Waals surface area contributed by atoms with Crippen LogP contribution in [0.3, 0.4) is 0 Å². The lowest BCUT2D eigenvalue weighted by molar-refractivity contribution is -0.197.